The summed E-state index contributed by atoms with van der Waals surface area (Å²) in [6.07, 6.45) is 3.45. The Hall–Kier alpha value is -1.04. The van der Waals surface area contributed by atoms with E-state index in [1.807, 2.05) is 6.92 Å². The fourth-order valence-electron chi connectivity index (χ4n) is 1.24. The Balaban J connectivity index is 0. The number of hydrogen-bond donors (Lipinski definition) is 2. The van der Waals surface area contributed by atoms with Crippen LogP contribution in [0.5, 0.6) is 5.75 Å². The van der Waals surface area contributed by atoms with Crippen molar-refractivity contribution in [3.63, 3.8) is 0 Å². The molecule has 7 heteroatoms. The summed E-state index contributed by atoms with van der Waals surface area (Å²) in [4.78, 5) is 15.5. The van der Waals surface area contributed by atoms with Crippen molar-refractivity contribution in [3.05, 3.63) is 24.5 Å². The highest BCUT2D eigenvalue weighted by Crippen LogP contribution is 2.08. The number of carbonyl (C=O) groups excluding carboxylic acids is 1. The van der Waals surface area contributed by atoms with Gasteiger partial charge in [0.05, 0.1) is 6.20 Å². The van der Waals surface area contributed by atoms with E-state index in [0.29, 0.717) is 12.3 Å². The van der Waals surface area contributed by atoms with Gasteiger partial charge >= 0.3 is 0 Å². The highest BCUT2D eigenvalue weighted by Gasteiger charge is 2.13. The van der Waals surface area contributed by atoms with Crippen LogP contribution in [0.2, 0.25) is 0 Å². The molecule has 0 spiro atoms. The summed E-state index contributed by atoms with van der Waals surface area (Å²) in [6, 6.07) is 3.61. The van der Waals surface area contributed by atoms with Crippen molar-refractivity contribution in [1.82, 2.24) is 10.3 Å². The monoisotopic (exact) mass is 309 g/mol. The SMILES string of the molecule is CC(N)CCNC(=O)C(C)Oc1cccnc1.Cl.Cl. The second-order valence-corrected chi connectivity index (χ2v) is 4.01. The molecule has 5 nitrogen and oxygen atoms in total. The zero-order valence-electron chi connectivity index (χ0n) is 11.0. The third-order valence-corrected chi connectivity index (χ3v) is 2.22. The average molecular weight is 310 g/mol. The minimum absolute atomic E-state index is 0. The Kier molecular flexibility index (Phi) is 11.6. The molecule has 0 saturated carbocycles. The zero-order valence-corrected chi connectivity index (χ0v) is 12.7. The average Bonchev–Trinajstić information content (AvgIpc) is 2.29. The molecule has 2 atom stereocenters. The van der Waals surface area contributed by atoms with Crippen LogP contribution in [-0.2, 0) is 4.79 Å². The molecule has 0 fully saturated rings. The molecule has 0 radical (unpaired) electrons. The molecule has 110 valence electrons. The lowest BCUT2D eigenvalue weighted by Crippen LogP contribution is -2.38. The zero-order chi connectivity index (χ0) is 12.7. The fourth-order valence-corrected chi connectivity index (χ4v) is 1.24. The van der Waals surface area contributed by atoms with Crippen LogP contribution in [0.3, 0.4) is 0 Å². The maximum atomic E-state index is 11.6. The van der Waals surface area contributed by atoms with Crippen LogP contribution in [0.25, 0.3) is 0 Å². The molecule has 0 aromatic carbocycles. The number of carbonyl (C=O) groups is 1. The number of pyridine rings is 1. The number of nitrogens with one attached hydrogen (secondary N) is 1. The number of aromatic nitrogens is 1. The third-order valence-electron chi connectivity index (χ3n) is 2.22. The maximum Gasteiger partial charge on any atom is 0.260 e. The fraction of sp³-hybridized carbons (Fsp3) is 0.500. The van der Waals surface area contributed by atoms with Crippen LogP contribution in [0.4, 0.5) is 0 Å². The van der Waals surface area contributed by atoms with Crippen molar-refractivity contribution in [1.29, 1.82) is 0 Å². The molecule has 0 aliphatic carbocycles. The van der Waals surface area contributed by atoms with Crippen LogP contribution in [0, 0.1) is 0 Å². The number of nitrogens with two attached hydrogens (primary N) is 1. The first-order valence-corrected chi connectivity index (χ1v) is 5.69. The standard InChI is InChI=1S/C12H19N3O2.2ClH/c1-9(13)5-7-15-12(16)10(2)17-11-4-3-6-14-8-11;;/h3-4,6,8-10H,5,7,13H2,1-2H3,(H,15,16);2*1H. The van der Waals surface area contributed by atoms with Crippen LogP contribution in [0.15, 0.2) is 24.5 Å². The first kappa shape index (κ1) is 20.3. The number of hydrogen-bond acceptors (Lipinski definition) is 4. The Labute approximate surface area is 126 Å². The van der Waals surface area contributed by atoms with Gasteiger partial charge in [-0.05, 0) is 32.4 Å². The summed E-state index contributed by atoms with van der Waals surface area (Å²) in [7, 11) is 0. The minimum atomic E-state index is -0.535. The Morgan fingerprint density at radius 2 is 2.16 bits per heavy atom. The molecule has 1 aromatic heterocycles. The van der Waals surface area contributed by atoms with E-state index in [0.717, 1.165) is 6.42 Å². The van der Waals surface area contributed by atoms with Crippen molar-refractivity contribution < 1.29 is 9.53 Å². The van der Waals surface area contributed by atoms with Crippen molar-refractivity contribution in [2.75, 3.05) is 6.54 Å². The first-order chi connectivity index (χ1) is 8.09. The van der Waals surface area contributed by atoms with E-state index in [1.54, 1.807) is 31.5 Å². The molecule has 1 heterocycles. The van der Waals surface area contributed by atoms with Gasteiger partial charge < -0.3 is 15.8 Å². The van der Waals surface area contributed by atoms with Crippen molar-refractivity contribution in [2.45, 2.75) is 32.4 Å². The minimum Gasteiger partial charge on any atom is -0.479 e. The summed E-state index contributed by atoms with van der Waals surface area (Å²) in [6.45, 7) is 4.17. The number of rotatable bonds is 6. The second kappa shape index (κ2) is 10.8. The van der Waals surface area contributed by atoms with E-state index < -0.39 is 6.10 Å². The molecule has 19 heavy (non-hydrogen) atoms. The molecule has 2 unspecified atom stereocenters. The van der Waals surface area contributed by atoms with Gasteiger partial charge in [0, 0.05) is 18.8 Å². The summed E-state index contributed by atoms with van der Waals surface area (Å²) >= 11 is 0. The lowest BCUT2D eigenvalue weighted by molar-refractivity contribution is -0.127. The number of halogens is 2. The molecular formula is C12H21Cl2N3O2. The summed E-state index contributed by atoms with van der Waals surface area (Å²) < 4.78 is 5.43. The topological polar surface area (TPSA) is 77.2 Å². The number of amides is 1. The molecule has 1 aromatic rings. The molecule has 0 saturated heterocycles. The van der Waals surface area contributed by atoms with Gasteiger partial charge in [0.25, 0.3) is 5.91 Å². The maximum absolute atomic E-state index is 11.6. The number of nitrogens with zero attached hydrogens (tertiary/aromatic N) is 1. The van der Waals surface area contributed by atoms with Crippen LogP contribution in [-0.4, -0.2) is 29.6 Å². The van der Waals surface area contributed by atoms with Gasteiger partial charge in [0.15, 0.2) is 6.10 Å². The van der Waals surface area contributed by atoms with Crippen LogP contribution in [0.1, 0.15) is 20.3 Å². The van der Waals surface area contributed by atoms with Crippen molar-refractivity contribution in [2.24, 2.45) is 5.73 Å². The van der Waals surface area contributed by atoms with E-state index in [1.165, 1.54) is 0 Å². The van der Waals surface area contributed by atoms with Crippen molar-refractivity contribution >= 4 is 30.7 Å². The molecule has 1 amide bonds. The van der Waals surface area contributed by atoms with Gasteiger partial charge in [-0.25, -0.2) is 0 Å². The van der Waals surface area contributed by atoms with Gasteiger partial charge in [-0.3, -0.25) is 9.78 Å². The quantitative estimate of drug-likeness (QED) is 0.835. The predicted molar refractivity (Wildman–Crippen MR) is 80.1 cm³/mol. The van der Waals surface area contributed by atoms with Crippen LogP contribution < -0.4 is 15.8 Å². The smallest absolute Gasteiger partial charge is 0.260 e. The molecule has 3 N–H and O–H groups in total. The van der Waals surface area contributed by atoms with Gasteiger partial charge in [-0.15, -0.1) is 24.8 Å². The summed E-state index contributed by atoms with van der Waals surface area (Å²) in [5.74, 6) is 0.442. The number of ether oxygens (including phenoxy) is 1. The van der Waals surface area contributed by atoms with Gasteiger partial charge in [0.2, 0.25) is 0 Å². The molecule has 0 aliphatic rings. The Morgan fingerprint density at radius 1 is 1.47 bits per heavy atom. The molecule has 1 rings (SSSR count). The van der Waals surface area contributed by atoms with Gasteiger partial charge in [-0.2, -0.15) is 0 Å². The van der Waals surface area contributed by atoms with Crippen molar-refractivity contribution in [3.8, 4) is 5.75 Å². The molecule has 0 aliphatic heterocycles. The summed E-state index contributed by atoms with van der Waals surface area (Å²) in [5, 5.41) is 2.77. The lowest BCUT2D eigenvalue weighted by Gasteiger charge is -2.14. The first-order valence-electron chi connectivity index (χ1n) is 5.69. The van der Waals surface area contributed by atoms with E-state index in [9.17, 15) is 4.79 Å². The highest BCUT2D eigenvalue weighted by atomic mass is 35.5. The van der Waals surface area contributed by atoms with Gasteiger partial charge in [-0.1, -0.05) is 0 Å². The molecular weight excluding hydrogens is 289 g/mol. The lowest BCUT2D eigenvalue weighted by atomic mass is 10.2. The van der Waals surface area contributed by atoms with Crippen LogP contribution >= 0.6 is 24.8 Å². The van der Waals surface area contributed by atoms with E-state index in [-0.39, 0.29) is 36.8 Å². The highest BCUT2D eigenvalue weighted by molar-refractivity contribution is 5.85. The second-order valence-electron chi connectivity index (χ2n) is 4.01. The molecule has 0 bridgehead atoms. The summed E-state index contributed by atoms with van der Waals surface area (Å²) in [5.41, 5.74) is 5.59. The van der Waals surface area contributed by atoms with Gasteiger partial charge in [0.1, 0.15) is 5.75 Å². The Morgan fingerprint density at radius 3 is 2.68 bits per heavy atom. The third kappa shape index (κ3) is 8.64. The predicted octanol–water partition coefficient (Wildman–Crippen LogP) is 1.55. The largest absolute Gasteiger partial charge is 0.479 e. The normalized spacial score (nSPS) is 12.4. The Bertz CT molecular complexity index is 350. The van der Waals surface area contributed by atoms with E-state index in [2.05, 4.69) is 10.3 Å². The van der Waals surface area contributed by atoms with E-state index in [4.69, 9.17) is 10.5 Å². The van der Waals surface area contributed by atoms with E-state index >= 15 is 0 Å².